The summed E-state index contributed by atoms with van der Waals surface area (Å²) >= 11 is 0. The van der Waals surface area contributed by atoms with Gasteiger partial charge in [0.25, 0.3) is 0 Å². The van der Waals surface area contributed by atoms with Gasteiger partial charge < -0.3 is 10.0 Å². The van der Waals surface area contributed by atoms with Crippen LogP contribution < -0.4 is 0 Å². The fourth-order valence-electron chi connectivity index (χ4n) is 0.800. The molecule has 0 radical (unpaired) electrons. The van der Waals surface area contributed by atoms with E-state index >= 15 is 0 Å². The first kappa shape index (κ1) is 8.32. The molecular formula is C5H6F3NO2. The first-order chi connectivity index (χ1) is 4.91. The molecule has 64 valence electrons. The number of β-amino-alcohol motifs (C(OH)–C–C–N with tert-alkyl or cyclic N) is 1. The van der Waals surface area contributed by atoms with E-state index in [1.54, 1.807) is 0 Å². The van der Waals surface area contributed by atoms with Gasteiger partial charge in [0, 0.05) is 13.1 Å². The van der Waals surface area contributed by atoms with Gasteiger partial charge in [-0.15, -0.1) is 0 Å². The molecule has 1 aliphatic heterocycles. The minimum absolute atomic E-state index is 0.210. The molecule has 6 heteroatoms. The molecule has 0 aromatic heterocycles. The molecule has 0 unspecified atom stereocenters. The van der Waals surface area contributed by atoms with Crippen molar-refractivity contribution in [1.82, 2.24) is 4.90 Å². The summed E-state index contributed by atoms with van der Waals surface area (Å²) in [6.07, 6.45) is -5.60. The number of hydrogen-bond donors (Lipinski definition) is 1. The predicted molar refractivity (Wildman–Crippen MR) is 28.6 cm³/mol. The summed E-state index contributed by atoms with van der Waals surface area (Å²) in [4.78, 5) is 10.8. The molecule has 1 fully saturated rings. The number of likely N-dealkylation sites (tertiary alicyclic amines) is 1. The number of halogens is 3. The van der Waals surface area contributed by atoms with Gasteiger partial charge in [-0.1, -0.05) is 0 Å². The summed E-state index contributed by atoms with van der Waals surface area (Å²) in [5, 5.41) is 8.57. The Labute approximate surface area is 60.4 Å². The lowest BCUT2D eigenvalue weighted by Gasteiger charge is -2.35. The standard InChI is InChI=1S/C5H6F3NO2/c6-5(7,8)4(11)9-1-3(10)2-9/h3,10H,1-2H2. The van der Waals surface area contributed by atoms with E-state index in [0.717, 1.165) is 0 Å². The zero-order valence-corrected chi connectivity index (χ0v) is 5.43. The van der Waals surface area contributed by atoms with Crippen LogP contribution in [0, 0.1) is 0 Å². The van der Waals surface area contributed by atoms with E-state index in [9.17, 15) is 18.0 Å². The van der Waals surface area contributed by atoms with E-state index in [-0.39, 0.29) is 13.1 Å². The minimum atomic E-state index is -4.81. The SMILES string of the molecule is O=C(N1CC(O)C1)C(F)(F)F. The van der Waals surface area contributed by atoms with Crippen molar-refractivity contribution in [2.45, 2.75) is 12.3 Å². The van der Waals surface area contributed by atoms with Crippen LogP contribution in [0.2, 0.25) is 0 Å². The largest absolute Gasteiger partial charge is 0.471 e. The van der Waals surface area contributed by atoms with Crippen molar-refractivity contribution in [2.24, 2.45) is 0 Å². The molecule has 1 N–H and O–H groups in total. The number of hydrogen-bond acceptors (Lipinski definition) is 2. The molecule has 0 atom stereocenters. The van der Waals surface area contributed by atoms with Crippen LogP contribution in [-0.4, -0.2) is 41.3 Å². The van der Waals surface area contributed by atoms with Gasteiger partial charge in [0.15, 0.2) is 0 Å². The Morgan fingerprint density at radius 3 is 2.18 bits per heavy atom. The Morgan fingerprint density at radius 1 is 1.45 bits per heavy atom. The van der Waals surface area contributed by atoms with E-state index in [1.807, 2.05) is 0 Å². The Morgan fingerprint density at radius 2 is 1.91 bits per heavy atom. The van der Waals surface area contributed by atoms with E-state index in [0.29, 0.717) is 4.90 Å². The maximum absolute atomic E-state index is 11.6. The van der Waals surface area contributed by atoms with Crippen LogP contribution in [0.1, 0.15) is 0 Å². The third-order valence-corrected chi connectivity index (χ3v) is 1.39. The smallest absolute Gasteiger partial charge is 0.389 e. The highest BCUT2D eigenvalue weighted by atomic mass is 19.4. The molecule has 1 heterocycles. The number of carbonyl (C=O) groups is 1. The number of aliphatic hydroxyl groups excluding tert-OH is 1. The molecule has 1 amide bonds. The maximum Gasteiger partial charge on any atom is 0.471 e. The molecule has 0 bridgehead atoms. The second-order valence-corrected chi connectivity index (χ2v) is 2.36. The molecule has 0 spiro atoms. The first-order valence-corrected chi connectivity index (χ1v) is 2.95. The second-order valence-electron chi connectivity index (χ2n) is 2.36. The molecule has 11 heavy (non-hydrogen) atoms. The first-order valence-electron chi connectivity index (χ1n) is 2.95. The van der Waals surface area contributed by atoms with Crippen LogP contribution in [0.4, 0.5) is 13.2 Å². The van der Waals surface area contributed by atoms with Crippen molar-refractivity contribution in [3.05, 3.63) is 0 Å². The number of carbonyl (C=O) groups excluding carboxylic acids is 1. The third-order valence-electron chi connectivity index (χ3n) is 1.39. The zero-order chi connectivity index (χ0) is 8.65. The van der Waals surface area contributed by atoms with Gasteiger partial charge in [-0.25, -0.2) is 0 Å². The van der Waals surface area contributed by atoms with E-state index in [2.05, 4.69) is 0 Å². The van der Waals surface area contributed by atoms with Gasteiger partial charge in [-0.2, -0.15) is 13.2 Å². The molecule has 0 saturated carbocycles. The maximum atomic E-state index is 11.6. The van der Waals surface area contributed by atoms with Gasteiger partial charge in [-0.05, 0) is 0 Å². The second kappa shape index (κ2) is 2.37. The summed E-state index contributed by atoms with van der Waals surface area (Å²) in [5.74, 6) is -1.87. The van der Waals surface area contributed by atoms with Crippen molar-refractivity contribution < 1.29 is 23.1 Å². The lowest BCUT2D eigenvalue weighted by molar-refractivity contribution is -0.194. The summed E-state index contributed by atoms with van der Waals surface area (Å²) in [6, 6.07) is 0. The van der Waals surface area contributed by atoms with Crippen LogP contribution in [0.5, 0.6) is 0 Å². The van der Waals surface area contributed by atoms with Crippen LogP contribution in [-0.2, 0) is 4.79 Å². The molecule has 3 nitrogen and oxygen atoms in total. The summed E-state index contributed by atoms with van der Waals surface area (Å²) in [5.41, 5.74) is 0. The Bertz CT molecular complexity index is 173. The number of rotatable bonds is 0. The third kappa shape index (κ3) is 1.62. The Kier molecular flexibility index (Phi) is 1.79. The summed E-state index contributed by atoms with van der Waals surface area (Å²) in [7, 11) is 0. The molecule has 1 rings (SSSR count). The van der Waals surface area contributed by atoms with Crippen molar-refractivity contribution in [2.75, 3.05) is 13.1 Å². The fourth-order valence-corrected chi connectivity index (χ4v) is 0.800. The van der Waals surface area contributed by atoms with Crippen LogP contribution >= 0.6 is 0 Å². The van der Waals surface area contributed by atoms with E-state index in [4.69, 9.17) is 5.11 Å². The van der Waals surface area contributed by atoms with Gasteiger partial charge in [0.2, 0.25) is 0 Å². The topological polar surface area (TPSA) is 40.5 Å². The van der Waals surface area contributed by atoms with Crippen LogP contribution in [0.15, 0.2) is 0 Å². The van der Waals surface area contributed by atoms with Gasteiger partial charge >= 0.3 is 12.1 Å². The number of nitrogens with zero attached hydrogens (tertiary/aromatic N) is 1. The highest BCUT2D eigenvalue weighted by Crippen LogP contribution is 2.21. The average molecular weight is 169 g/mol. The van der Waals surface area contributed by atoms with Crippen molar-refractivity contribution in [3.63, 3.8) is 0 Å². The molecular weight excluding hydrogens is 163 g/mol. The van der Waals surface area contributed by atoms with Gasteiger partial charge in [0.1, 0.15) is 0 Å². The number of aliphatic hydroxyl groups is 1. The van der Waals surface area contributed by atoms with Crippen LogP contribution in [0.3, 0.4) is 0 Å². The molecule has 0 aliphatic carbocycles. The quantitative estimate of drug-likeness (QED) is 0.543. The van der Waals surface area contributed by atoms with E-state index < -0.39 is 18.2 Å². The lowest BCUT2D eigenvalue weighted by atomic mass is 10.2. The average Bonchev–Trinajstić information content (AvgIpc) is 1.77. The lowest BCUT2D eigenvalue weighted by Crippen LogP contribution is -2.57. The Balaban J connectivity index is 2.45. The zero-order valence-electron chi connectivity index (χ0n) is 5.43. The van der Waals surface area contributed by atoms with Gasteiger partial charge in [0.05, 0.1) is 6.10 Å². The summed E-state index contributed by atoms with van der Waals surface area (Å²) < 4.78 is 34.7. The summed E-state index contributed by atoms with van der Waals surface area (Å²) in [6.45, 7) is -0.420. The molecule has 0 aromatic rings. The van der Waals surface area contributed by atoms with Gasteiger partial charge in [-0.3, -0.25) is 4.79 Å². The van der Waals surface area contributed by atoms with Crippen molar-refractivity contribution in [3.8, 4) is 0 Å². The normalized spacial score (nSPS) is 19.8. The highest BCUT2D eigenvalue weighted by Gasteiger charge is 2.46. The molecule has 1 aliphatic rings. The van der Waals surface area contributed by atoms with E-state index in [1.165, 1.54) is 0 Å². The monoisotopic (exact) mass is 169 g/mol. The number of amides is 1. The van der Waals surface area contributed by atoms with Crippen LogP contribution in [0.25, 0.3) is 0 Å². The fraction of sp³-hybridized carbons (Fsp3) is 0.800. The van der Waals surface area contributed by atoms with Crippen molar-refractivity contribution in [1.29, 1.82) is 0 Å². The number of alkyl halides is 3. The predicted octanol–water partition coefficient (Wildman–Crippen LogP) is -0.248. The Hall–Kier alpha value is -0.780. The van der Waals surface area contributed by atoms with Crippen molar-refractivity contribution >= 4 is 5.91 Å². The molecule has 1 saturated heterocycles. The molecule has 0 aromatic carbocycles. The highest BCUT2D eigenvalue weighted by molar-refractivity contribution is 5.82. The minimum Gasteiger partial charge on any atom is -0.389 e.